The van der Waals surface area contributed by atoms with Crippen molar-refractivity contribution in [3.8, 4) is 0 Å². The van der Waals surface area contributed by atoms with Gasteiger partial charge in [-0.2, -0.15) is 5.10 Å². The SMILES string of the molecule is CC(C)(CN)n1cccn1.Cl.Cl. The van der Waals surface area contributed by atoms with Crippen LogP contribution in [0.15, 0.2) is 18.5 Å². The Kier molecular flexibility index (Phi) is 6.43. The van der Waals surface area contributed by atoms with Gasteiger partial charge in [-0.3, -0.25) is 4.68 Å². The number of halogens is 2. The van der Waals surface area contributed by atoms with Crippen LogP contribution in [0.1, 0.15) is 13.8 Å². The molecular formula is C7H15Cl2N3. The summed E-state index contributed by atoms with van der Waals surface area (Å²) in [5.41, 5.74) is 5.48. The van der Waals surface area contributed by atoms with Crippen LogP contribution in [0.5, 0.6) is 0 Å². The molecule has 0 saturated carbocycles. The Bertz CT molecular complexity index is 196. The molecule has 0 aliphatic heterocycles. The molecule has 0 atom stereocenters. The summed E-state index contributed by atoms with van der Waals surface area (Å²) in [4.78, 5) is 0. The third-order valence-corrected chi connectivity index (χ3v) is 1.62. The summed E-state index contributed by atoms with van der Waals surface area (Å²) in [6.07, 6.45) is 3.68. The highest BCUT2D eigenvalue weighted by Gasteiger charge is 2.16. The second-order valence-corrected chi connectivity index (χ2v) is 2.97. The summed E-state index contributed by atoms with van der Waals surface area (Å²) in [5.74, 6) is 0. The van der Waals surface area contributed by atoms with Gasteiger partial charge in [-0.15, -0.1) is 24.8 Å². The zero-order chi connectivity index (χ0) is 7.61. The molecule has 3 nitrogen and oxygen atoms in total. The lowest BCUT2D eigenvalue weighted by molar-refractivity contribution is 0.330. The van der Waals surface area contributed by atoms with Crippen LogP contribution >= 0.6 is 24.8 Å². The molecule has 0 saturated heterocycles. The third kappa shape index (κ3) is 3.01. The lowest BCUT2D eigenvalue weighted by Gasteiger charge is -2.22. The van der Waals surface area contributed by atoms with Crippen LogP contribution < -0.4 is 5.73 Å². The van der Waals surface area contributed by atoms with Crippen molar-refractivity contribution in [2.24, 2.45) is 5.73 Å². The van der Waals surface area contributed by atoms with E-state index in [2.05, 4.69) is 18.9 Å². The molecule has 0 aromatic carbocycles. The van der Waals surface area contributed by atoms with Gasteiger partial charge in [-0.05, 0) is 19.9 Å². The maximum Gasteiger partial charge on any atom is 0.0693 e. The van der Waals surface area contributed by atoms with Gasteiger partial charge in [0.2, 0.25) is 0 Å². The highest BCUT2D eigenvalue weighted by atomic mass is 35.5. The van der Waals surface area contributed by atoms with Gasteiger partial charge in [0.15, 0.2) is 0 Å². The molecule has 0 amide bonds. The van der Waals surface area contributed by atoms with E-state index in [1.807, 2.05) is 16.9 Å². The first-order chi connectivity index (χ1) is 4.67. The van der Waals surface area contributed by atoms with Gasteiger partial charge in [0.05, 0.1) is 5.54 Å². The van der Waals surface area contributed by atoms with Gasteiger partial charge in [0.25, 0.3) is 0 Å². The van der Waals surface area contributed by atoms with Gasteiger partial charge in [0, 0.05) is 18.9 Å². The van der Waals surface area contributed by atoms with Crippen LogP contribution in [0, 0.1) is 0 Å². The molecule has 12 heavy (non-hydrogen) atoms. The van der Waals surface area contributed by atoms with E-state index >= 15 is 0 Å². The Labute approximate surface area is 85.1 Å². The van der Waals surface area contributed by atoms with E-state index in [9.17, 15) is 0 Å². The van der Waals surface area contributed by atoms with Crippen LogP contribution in [0.25, 0.3) is 0 Å². The molecule has 0 aliphatic carbocycles. The average Bonchev–Trinajstić information content (AvgIpc) is 2.38. The average molecular weight is 212 g/mol. The molecule has 0 spiro atoms. The number of aromatic nitrogens is 2. The monoisotopic (exact) mass is 211 g/mol. The molecule has 1 rings (SSSR count). The summed E-state index contributed by atoms with van der Waals surface area (Å²) in [5, 5.41) is 4.10. The lowest BCUT2D eigenvalue weighted by Crippen LogP contribution is -2.35. The van der Waals surface area contributed by atoms with Crippen LogP contribution in [-0.4, -0.2) is 16.3 Å². The quantitative estimate of drug-likeness (QED) is 0.805. The zero-order valence-electron chi connectivity index (χ0n) is 7.23. The Morgan fingerprint density at radius 3 is 2.33 bits per heavy atom. The number of nitrogens with two attached hydrogens (primary N) is 1. The minimum absolute atomic E-state index is 0. The van der Waals surface area contributed by atoms with Gasteiger partial charge >= 0.3 is 0 Å². The fourth-order valence-corrected chi connectivity index (χ4v) is 0.720. The number of hydrogen-bond acceptors (Lipinski definition) is 2. The van der Waals surface area contributed by atoms with Crippen molar-refractivity contribution < 1.29 is 0 Å². The highest BCUT2D eigenvalue weighted by molar-refractivity contribution is 5.85. The van der Waals surface area contributed by atoms with Gasteiger partial charge in [-0.25, -0.2) is 0 Å². The Hall–Kier alpha value is -0.250. The Morgan fingerprint density at radius 2 is 2.00 bits per heavy atom. The normalized spacial score (nSPS) is 9.92. The Balaban J connectivity index is 0. The minimum Gasteiger partial charge on any atom is -0.328 e. The van der Waals surface area contributed by atoms with Crippen LogP contribution in [0.3, 0.4) is 0 Å². The predicted molar refractivity (Wildman–Crippen MR) is 55.1 cm³/mol. The molecule has 1 heterocycles. The van der Waals surface area contributed by atoms with E-state index < -0.39 is 0 Å². The van der Waals surface area contributed by atoms with Crippen molar-refractivity contribution in [3.05, 3.63) is 18.5 Å². The summed E-state index contributed by atoms with van der Waals surface area (Å²) in [7, 11) is 0. The Morgan fingerprint density at radius 1 is 1.42 bits per heavy atom. The zero-order valence-corrected chi connectivity index (χ0v) is 8.86. The molecule has 0 aliphatic rings. The molecular weight excluding hydrogens is 197 g/mol. The molecule has 0 unspecified atom stereocenters. The number of hydrogen-bond donors (Lipinski definition) is 1. The summed E-state index contributed by atoms with van der Waals surface area (Å²) in [6, 6.07) is 1.90. The van der Waals surface area contributed by atoms with Gasteiger partial charge < -0.3 is 5.73 Å². The van der Waals surface area contributed by atoms with E-state index in [0.717, 1.165) is 0 Å². The van der Waals surface area contributed by atoms with Crippen molar-refractivity contribution in [2.75, 3.05) is 6.54 Å². The summed E-state index contributed by atoms with van der Waals surface area (Å²) in [6.45, 7) is 4.72. The fourth-order valence-electron chi connectivity index (χ4n) is 0.720. The highest BCUT2D eigenvalue weighted by Crippen LogP contribution is 2.09. The van der Waals surface area contributed by atoms with Crippen LogP contribution in [-0.2, 0) is 5.54 Å². The van der Waals surface area contributed by atoms with E-state index in [1.54, 1.807) is 6.20 Å². The number of rotatable bonds is 2. The van der Waals surface area contributed by atoms with Gasteiger partial charge in [0.1, 0.15) is 0 Å². The first kappa shape index (κ1) is 14.3. The summed E-state index contributed by atoms with van der Waals surface area (Å²) >= 11 is 0. The van der Waals surface area contributed by atoms with Crippen molar-refractivity contribution in [1.82, 2.24) is 9.78 Å². The molecule has 2 N–H and O–H groups in total. The second-order valence-electron chi connectivity index (χ2n) is 2.97. The maximum absolute atomic E-state index is 5.54. The van der Waals surface area contributed by atoms with Crippen molar-refractivity contribution in [2.45, 2.75) is 19.4 Å². The van der Waals surface area contributed by atoms with E-state index in [1.165, 1.54) is 0 Å². The van der Waals surface area contributed by atoms with Crippen LogP contribution in [0.2, 0.25) is 0 Å². The van der Waals surface area contributed by atoms with E-state index in [0.29, 0.717) is 6.54 Å². The minimum atomic E-state index is -0.0521. The molecule has 0 radical (unpaired) electrons. The lowest BCUT2D eigenvalue weighted by atomic mass is 10.1. The van der Waals surface area contributed by atoms with E-state index in [4.69, 9.17) is 5.73 Å². The van der Waals surface area contributed by atoms with Crippen molar-refractivity contribution in [3.63, 3.8) is 0 Å². The standard InChI is InChI=1S/C7H13N3.2ClH/c1-7(2,6-8)10-5-3-4-9-10;;/h3-5H,6,8H2,1-2H3;2*1H. The summed E-state index contributed by atoms with van der Waals surface area (Å²) < 4.78 is 1.87. The second kappa shape index (κ2) is 5.41. The molecule has 1 aromatic heterocycles. The van der Waals surface area contributed by atoms with Crippen LogP contribution in [0.4, 0.5) is 0 Å². The molecule has 0 bridgehead atoms. The molecule has 72 valence electrons. The molecule has 5 heteroatoms. The van der Waals surface area contributed by atoms with Crippen molar-refractivity contribution >= 4 is 24.8 Å². The topological polar surface area (TPSA) is 43.8 Å². The maximum atomic E-state index is 5.54. The molecule has 1 aromatic rings. The third-order valence-electron chi connectivity index (χ3n) is 1.62. The largest absolute Gasteiger partial charge is 0.328 e. The van der Waals surface area contributed by atoms with Crippen molar-refractivity contribution in [1.29, 1.82) is 0 Å². The molecule has 0 fully saturated rings. The fraction of sp³-hybridized carbons (Fsp3) is 0.571. The first-order valence-electron chi connectivity index (χ1n) is 3.37. The first-order valence-corrected chi connectivity index (χ1v) is 3.37. The number of nitrogens with zero attached hydrogens (tertiary/aromatic N) is 2. The van der Waals surface area contributed by atoms with E-state index in [-0.39, 0.29) is 30.4 Å². The smallest absolute Gasteiger partial charge is 0.0693 e. The van der Waals surface area contributed by atoms with Gasteiger partial charge in [-0.1, -0.05) is 0 Å². The predicted octanol–water partition coefficient (Wildman–Crippen LogP) is 1.42.